The molecule has 2 aliphatic heterocycles. The molecule has 0 bridgehead atoms. The van der Waals surface area contributed by atoms with E-state index >= 15 is 0 Å². The molecule has 3 heteroatoms. The van der Waals surface area contributed by atoms with Crippen LogP contribution < -0.4 is 10.6 Å². The quantitative estimate of drug-likeness (QED) is 0.829. The molecule has 3 aliphatic rings. The van der Waals surface area contributed by atoms with Crippen LogP contribution in [0.3, 0.4) is 0 Å². The predicted octanol–water partition coefficient (Wildman–Crippen LogP) is 3.11. The second kappa shape index (κ2) is 6.46. The van der Waals surface area contributed by atoms with E-state index < -0.39 is 0 Å². The van der Waals surface area contributed by atoms with Gasteiger partial charge in [0.05, 0.1) is 5.36 Å². The topological polar surface area (TPSA) is 41.8 Å². The lowest BCUT2D eigenvalue weighted by Gasteiger charge is -2.28. The molecule has 0 radical (unpaired) electrons. The summed E-state index contributed by atoms with van der Waals surface area (Å²) >= 11 is 0. The maximum Gasteiger partial charge on any atom is 0.181 e. The van der Waals surface area contributed by atoms with Gasteiger partial charge in [-0.1, -0.05) is 37.6 Å². The van der Waals surface area contributed by atoms with Crippen LogP contribution in [0.1, 0.15) is 39.2 Å². The Morgan fingerprint density at radius 3 is 2.81 bits per heavy atom. The van der Waals surface area contributed by atoms with E-state index in [4.69, 9.17) is 9.98 Å². The van der Waals surface area contributed by atoms with Crippen molar-refractivity contribution in [1.29, 1.82) is 0 Å². The molecule has 2 unspecified atom stereocenters. The number of nitrogens with zero attached hydrogens (tertiary/aromatic N) is 2. The Labute approximate surface area is 155 Å². The van der Waals surface area contributed by atoms with Crippen LogP contribution in [0.15, 0.2) is 51.5 Å². The van der Waals surface area contributed by atoms with E-state index in [-0.39, 0.29) is 17.7 Å². The van der Waals surface area contributed by atoms with Gasteiger partial charge in [0, 0.05) is 23.4 Å². The van der Waals surface area contributed by atoms with Gasteiger partial charge in [0.25, 0.3) is 0 Å². The van der Waals surface area contributed by atoms with Crippen molar-refractivity contribution in [3.63, 3.8) is 0 Å². The van der Waals surface area contributed by atoms with Crippen LogP contribution in [0.25, 0.3) is 5.57 Å². The number of rotatable bonds is 3. The fraction of sp³-hybridized carbons (Fsp3) is 0.435. The fourth-order valence-corrected chi connectivity index (χ4v) is 4.36. The third kappa shape index (κ3) is 2.90. The van der Waals surface area contributed by atoms with Gasteiger partial charge in [0.1, 0.15) is 6.04 Å². The molecule has 0 N–H and O–H groups in total. The molecule has 0 fully saturated rings. The van der Waals surface area contributed by atoms with Crippen LogP contribution in [0.4, 0.5) is 0 Å². The monoisotopic (exact) mass is 346 g/mol. The Bertz CT molecular complexity index is 992. The van der Waals surface area contributed by atoms with Crippen LogP contribution in [0.2, 0.25) is 0 Å². The minimum Gasteiger partial charge on any atom is -0.291 e. The maximum absolute atomic E-state index is 12.1. The van der Waals surface area contributed by atoms with Crippen molar-refractivity contribution >= 4 is 17.1 Å². The Morgan fingerprint density at radius 2 is 2.04 bits per heavy atom. The van der Waals surface area contributed by atoms with Crippen molar-refractivity contribution in [3.05, 3.63) is 57.6 Å². The summed E-state index contributed by atoms with van der Waals surface area (Å²) in [7, 11) is 0. The smallest absolute Gasteiger partial charge is 0.181 e. The first-order chi connectivity index (χ1) is 12.4. The molecule has 0 aromatic heterocycles. The minimum atomic E-state index is 0.0975. The van der Waals surface area contributed by atoms with Crippen LogP contribution in [0, 0.1) is 18.8 Å². The predicted molar refractivity (Wildman–Crippen MR) is 106 cm³/mol. The summed E-state index contributed by atoms with van der Waals surface area (Å²) < 4.78 is 0. The van der Waals surface area contributed by atoms with Gasteiger partial charge >= 0.3 is 0 Å². The van der Waals surface area contributed by atoms with E-state index in [1.54, 1.807) is 0 Å². The highest BCUT2D eigenvalue weighted by Gasteiger charge is 2.31. The van der Waals surface area contributed by atoms with Crippen molar-refractivity contribution < 1.29 is 4.79 Å². The molecule has 0 spiro atoms. The molecule has 2 atom stereocenters. The number of allylic oxidation sites excluding steroid dienone is 4. The highest BCUT2D eigenvalue weighted by atomic mass is 16.1. The van der Waals surface area contributed by atoms with Gasteiger partial charge in [-0.3, -0.25) is 14.8 Å². The summed E-state index contributed by atoms with van der Waals surface area (Å²) in [5.41, 5.74) is 5.92. The van der Waals surface area contributed by atoms with Gasteiger partial charge in [-0.25, -0.2) is 0 Å². The van der Waals surface area contributed by atoms with Crippen molar-refractivity contribution in [2.24, 2.45) is 21.8 Å². The molecule has 0 amide bonds. The van der Waals surface area contributed by atoms with E-state index in [9.17, 15) is 4.79 Å². The summed E-state index contributed by atoms with van der Waals surface area (Å²) in [6.07, 6.45) is 5.85. The van der Waals surface area contributed by atoms with E-state index in [0.717, 1.165) is 30.3 Å². The first kappa shape index (κ1) is 17.1. The van der Waals surface area contributed by atoms with E-state index in [1.807, 2.05) is 13.0 Å². The zero-order valence-corrected chi connectivity index (χ0v) is 16.0. The lowest BCUT2D eigenvalue weighted by molar-refractivity contribution is -0.111. The molecule has 4 rings (SSSR count). The average Bonchev–Trinajstić information content (AvgIpc) is 2.96. The van der Waals surface area contributed by atoms with Crippen LogP contribution in [-0.4, -0.2) is 24.1 Å². The number of aliphatic imine (C=N–C) groups is 1. The van der Waals surface area contributed by atoms with Crippen LogP contribution in [0.5, 0.6) is 0 Å². The van der Waals surface area contributed by atoms with Gasteiger partial charge in [-0.15, -0.1) is 0 Å². The summed E-state index contributed by atoms with van der Waals surface area (Å²) in [6.45, 7) is 9.21. The zero-order chi connectivity index (χ0) is 18.4. The molecule has 0 saturated carbocycles. The number of fused-ring (bicyclic) bond motifs is 2. The molecular formula is C23H26N2O. The Hall–Kier alpha value is -2.29. The van der Waals surface area contributed by atoms with Gasteiger partial charge in [0.2, 0.25) is 0 Å². The maximum atomic E-state index is 12.1. The number of carbonyl (C=O) groups excluding carboxylic acids is 1. The number of carbonyl (C=O) groups is 1. The average molecular weight is 346 g/mol. The van der Waals surface area contributed by atoms with E-state index in [1.165, 1.54) is 27.6 Å². The second-order valence-corrected chi connectivity index (χ2v) is 8.02. The highest BCUT2D eigenvalue weighted by molar-refractivity contribution is 6.06. The zero-order valence-electron chi connectivity index (χ0n) is 16.0. The van der Waals surface area contributed by atoms with Gasteiger partial charge < -0.3 is 0 Å². The second-order valence-electron chi connectivity index (χ2n) is 8.02. The molecule has 26 heavy (non-hydrogen) atoms. The normalized spacial score (nSPS) is 24.6. The first-order valence-corrected chi connectivity index (χ1v) is 9.59. The lowest BCUT2D eigenvalue weighted by Crippen LogP contribution is -2.29. The Kier molecular flexibility index (Phi) is 4.26. The molecule has 1 aromatic carbocycles. The number of benzene rings is 1. The number of hydrogen-bond acceptors (Lipinski definition) is 3. The van der Waals surface area contributed by atoms with E-state index in [2.05, 4.69) is 45.0 Å². The van der Waals surface area contributed by atoms with Crippen LogP contribution >= 0.6 is 0 Å². The highest BCUT2D eigenvalue weighted by Crippen LogP contribution is 2.33. The Balaban J connectivity index is 1.68. The largest absolute Gasteiger partial charge is 0.291 e. The summed E-state index contributed by atoms with van der Waals surface area (Å²) in [6, 6.07) is 6.67. The van der Waals surface area contributed by atoms with E-state index in [0.29, 0.717) is 5.92 Å². The standard InChI is InChI=1S/C23H26N2O/c1-13(2)19-12-22(26)15(4)10-16(19)11-21-23-18(7-8-24-21)17-6-5-14(3)9-20(17)25-23/h5-6,9-10,12-13,16,23H,7-8,11H2,1-4H3. The lowest BCUT2D eigenvalue weighted by atomic mass is 9.78. The summed E-state index contributed by atoms with van der Waals surface area (Å²) in [5, 5.41) is 2.42. The third-order valence-corrected chi connectivity index (χ3v) is 5.77. The Morgan fingerprint density at radius 1 is 1.23 bits per heavy atom. The number of aryl methyl sites for hydroxylation is 1. The number of hydrogen-bond donors (Lipinski definition) is 0. The first-order valence-electron chi connectivity index (χ1n) is 9.59. The van der Waals surface area contributed by atoms with Crippen molar-refractivity contribution in [2.45, 2.75) is 46.6 Å². The van der Waals surface area contributed by atoms with Crippen LogP contribution in [-0.2, 0) is 4.79 Å². The minimum absolute atomic E-state index is 0.0975. The molecule has 1 aliphatic carbocycles. The van der Waals surface area contributed by atoms with Crippen molar-refractivity contribution in [1.82, 2.24) is 0 Å². The number of ketones is 1. The van der Waals surface area contributed by atoms with Gasteiger partial charge in [-0.05, 0) is 61.5 Å². The third-order valence-electron chi connectivity index (χ3n) is 5.77. The van der Waals surface area contributed by atoms with Crippen molar-refractivity contribution in [2.75, 3.05) is 6.54 Å². The van der Waals surface area contributed by atoms with Gasteiger partial charge in [0.15, 0.2) is 5.78 Å². The fourth-order valence-electron chi connectivity index (χ4n) is 4.36. The molecule has 3 nitrogen and oxygen atoms in total. The summed E-state index contributed by atoms with van der Waals surface area (Å²) in [5.74, 6) is 0.768. The molecular weight excluding hydrogens is 320 g/mol. The summed E-state index contributed by atoms with van der Waals surface area (Å²) in [4.78, 5) is 22.0. The molecule has 0 saturated heterocycles. The molecule has 134 valence electrons. The van der Waals surface area contributed by atoms with Crippen molar-refractivity contribution in [3.8, 4) is 0 Å². The SMILES string of the molecule is CC1=CC(CC2=NCCC3=c4ccc(C)cc4=NC23)C(C(C)C)=CC1=O. The molecule has 2 heterocycles. The molecule has 1 aromatic rings. The van der Waals surface area contributed by atoms with Gasteiger partial charge in [-0.2, -0.15) is 0 Å².